The summed E-state index contributed by atoms with van der Waals surface area (Å²) in [4.78, 5) is 25.0. The van der Waals surface area contributed by atoms with E-state index in [2.05, 4.69) is 5.32 Å². The van der Waals surface area contributed by atoms with Crippen molar-refractivity contribution in [3.8, 4) is 0 Å². The van der Waals surface area contributed by atoms with E-state index in [1.54, 1.807) is 6.07 Å². The molecule has 0 aliphatic heterocycles. The summed E-state index contributed by atoms with van der Waals surface area (Å²) in [6, 6.07) is 9.51. The van der Waals surface area contributed by atoms with Gasteiger partial charge in [0.1, 0.15) is 11.6 Å². The topological polar surface area (TPSA) is 49.4 Å². The number of carbonyl (C=O) groups excluding carboxylic acids is 2. The van der Waals surface area contributed by atoms with Crippen LogP contribution in [0.3, 0.4) is 0 Å². The van der Waals surface area contributed by atoms with Gasteiger partial charge in [-0.2, -0.15) is 0 Å². The van der Waals surface area contributed by atoms with Crippen molar-refractivity contribution in [2.45, 2.75) is 6.92 Å². The molecule has 0 fully saturated rings. The molecule has 0 saturated heterocycles. The molecule has 0 aliphatic rings. The molecule has 2 aromatic rings. The van der Waals surface area contributed by atoms with E-state index < -0.39 is 17.5 Å². The molecule has 2 rings (SSSR count). The lowest BCUT2D eigenvalue weighted by atomic mass is 10.2. The van der Waals surface area contributed by atoms with Gasteiger partial charge in [-0.15, -0.1) is 0 Å². The van der Waals surface area contributed by atoms with Crippen LogP contribution in [0.15, 0.2) is 42.5 Å². The summed E-state index contributed by atoms with van der Waals surface area (Å²) >= 11 is 5.72. The number of halogens is 3. The van der Waals surface area contributed by atoms with Gasteiger partial charge in [0.05, 0.1) is 10.6 Å². The largest absolute Gasteiger partial charge is 0.350 e. The lowest BCUT2D eigenvalue weighted by molar-refractivity contribution is -0.116. The van der Waals surface area contributed by atoms with E-state index in [9.17, 15) is 18.4 Å². The number of nitrogens with zero attached hydrogens (tertiary/aromatic N) is 1. The molecule has 0 atom stereocenters. The zero-order chi connectivity index (χ0) is 17.7. The van der Waals surface area contributed by atoms with Crippen molar-refractivity contribution in [1.82, 2.24) is 5.32 Å². The van der Waals surface area contributed by atoms with Gasteiger partial charge in [-0.25, -0.2) is 8.78 Å². The predicted octanol–water partition coefficient (Wildman–Crippen LogP) is 3.40. The number of nitrogens with one attached hydrogen (secondary N) is 1. The standard InChI is InChI=1S/C17H15ClF2N2O2/c1-11(23)22(12-6-7-16(20)14(18)10-12)9-8-21-17(24)13-4-2-3-5-15(13)19/h2-7,10H,8-9H2,1H3,(H,21,24). The molecule has 0 saturated carbocycles. The number of carbonyl (C=O) groups is 2. The summed E-state index contributed by atoms with van der Waals surface area (Å²) in [5, 5.41) is 2.44. The van der Waals surface area contributed by atoms with Crippen molar-refractivity contribution in [1.29, 1.82) is 0 Å². The van der Waals surface area contributed by atoms with E-state index in [0.717, 1.165) is 6.07 Å². The Kier molecular flexibility index (Phi) is 5.87. The van der Waals surface area contributed by atoms with Crippen molar-refractivity contribution in [3.63, 3.8) is 0 Å². The van der Waals surface area contributed by atoms with Crippen LogP contribution in [0, 0.1) is 11.6 Å². The first-order valence-electron chi connectivity index (χ1n) is 7.16. The second kappa shape index (κ2) is 7.88. The van der Waals surface area contributed by atoms with Crippen LogP contribution in [0.25, 0.3) is 0 Å². The van der Waals surface area contributed by atoms with Gasteiger partial charge >= 0.3 is 0 Å². The smallest absolute Gasteiger partial charge is 0.254 e. The SMILES string of the molecule is CC(=O)N(CCNC(=O)c1ccccc1F)c1ccc(F)c(Cl)c1. The third-order valence-corrected chi connectivity index (χ3v) is 3.62. The van der Waals surface area contributed by atoms with Crippen molar-refractivity contribution >= 4 is 29.1 Å². The number of benzene rings is 2. The molecule has 0 heterocycles. The maximum absolute atomic E-state index is 13.5. The molecule has 0 bridgehead atoms. The first kappa shape index (κ1) is 17.9. The Morgan fingerprint density at radius 2 is 1.83 bits per heavy atom. The maximum Gasteiger partial charge on any atom is 0.254 e. The van der Waals surface area contributed by atoms with E-state index in [0.29, 0.717) is 5.69 Å². The molecular weight excluding hydrogens is 338 g/mol. The zero-order valence-corrected chi connectivity index (χ0v) is 13.6. The van der Waals surface area contributed by atoms with Crippen LogP contribution in [0.2, 0.25) is 5.02 Å². The number of anilines is 1. The Morgan fingerprint density at radius 1 is 1.12 bits per heavy atom. The number of amides is 2. The fourth-order valence-corrected chi connectivity index (χ4v) is 2.32. The zero-order valence-electron chi connectivity index (χ0n) is 12.9. The summed E-state index contributed by atoms with van der Waals surface area (Å²) in [5.41, 5.74) is 0.339. The third kappa shape index (κ3) is 4.29. The van der Waals surface area contributed by atoms with Gasteiger partial charge in [0.2, 0.25) is 5.91 Å². The van der Waals surface area contributed by atoms with Crippen LogP contribution in [0.5, 0.6) is 0 Å². The van der Waals surface area contributed by atoms with Crippen molar-refractivity contribution in [2.24, 2.45) is 0 Å². The lowest BCUT2D eigenvalue weighted by Crippen LogP contribution is -2.37. The Morgan fingerprint density at radius 3 is 2.46 bits per heavy atom. The van der Waals surface area contributed by atoms with E-state index >= 15 is 0 Å². The molecule has 0 aromatic heterocycles. The molecule has 1 N–H and O–H groups in total. The van der Waals surface area contributed by atoms with Crippen molar-refractivity contribution in [2.75, 3.05) is 18.0 Å². The average Bonchev–Trinajstić information content (AvgIpc) is 2.54. The van der Waals surface area contributed by atoms with Crippen LogP contribution in [0.4, 0.5) is 14.5 Å². The van der Waals surface area contributed by atoms with Crippen LogP contribution < -0.4 is 10.2 Å². The summed E-state index contributed by atoms with van der Waals surface area (Å²) in [7, 11) is 0. The highest BCUT2D eigenvalue weighted by molar-refractivity contribution is 6.31. The molecule has 0 radical (unpaired) electrons. The first-order valence-corrected chi connectivity index (χ1v) is 7.54. The lowest BCUT2D eigenvalue weighted by Gasteiger charge is -2.21. The van der Waals surface area contributed by atoms with Gasteiger partial charge in [0, 0.05) is 25.7 Å². The maximum atomic E-state index is 13.5. The van der Waals surface area contributed by atoms with Gasteiger partial charge in [0.25, 0.3) is 5.91 Å². The highest BCUT2D eigenvalue weighted by atomic mass is 35.5. The summed E-state index contributed by atoms with van der Waals surface area (Å²) in [5.74, 6) is -2.08. The monoisotopic (exact) mass is 352 g/mol. The normalized spacial score (nSPS) is 10.3. The fraction of sp³-hybridized carbons (Fsp3) is 0.176. The van der Waals surface area contributed by atoms with Crippen LogP contribution in [0.1, 0.15) is 17.3 Å². The molecule has 2 amide bonds. The van der Waals surface area contributed by atoms with Gasteiger partial charge in [-0.05, 0) is 30.3 Å². The second-order valence-electron chi connectivity index (χ2n) is 5.00. The van der Waals surface area contributed by atoms with Crippen LogP contribution >= 0.6 is 11.6 Å². The molecule has 7 heteroatoms. The molecular formula is C17H15ClF2N2O2. The highest BCUT2D eigenvalue weighted by Gasteiger charge is 2.15. The molecule has 126 valence electrons. The average molecular weight is 353 g/mol. The quantitative estimate of drug-likeness (QED) is 0.896. The van der Waals surface area contributed by atoms with Gasteiger partial charge < -0.3 is 10.2 Å². The summed E-state index contributed by atoms with van der Waals surface area (Å²) in [6.07, 6.45) is 0. The molecule has 4 nitrogen and oxygen atoms in total. The van der Waals surface area contributed by atoms with E-state index in [1.807, 2.05) is 0 Å². The van der Waals surface area contributed by atoms with Crippen molar-refractivity contribution in [3.05, 3.63) is 64.7 Å². The molecule has 24 heavy (non-hydrogen) atoms. The number of rotatable bonds is 5. The Hall–Kier alpha value is -2.47. The van der Waals surface area contributed by atoms with Gasteiger partial charge in [-0.1, -0.05) is 23.7 Å². The number of hydrogen-bond acceptors (Lipinski definition) is 2. The Balaban J connectivity index is 2.02. The van der Waals surface area contributed by atoms with E-state index in [1.165, 1.54) is 42.2 Å². The number of hydrogen-bond donors (Lipinski definition) is 1. The first-order chi connectivity index (χ1) is 11.4. The van der Waals surface area contributed by atoms with Gasteiger partial charge in [-0.3, -0.25) is 9.59 Å². The highest BCUT2D eigenvalue weighted by Crippen LogP contribution is 2.22. The molecule has 0 unspecified atom stereocenters. The Labute approximate surface area is 143 Å². The summed E-state index contributed by atoms with van der Waals surface area (Å²) < 4.78 is 26.7. The predicted molar refractivity (Wildman–Crippen MR) is 88.2 cm³/mol. The van der Waals surface area contributed by atoms with E-state index in [-0.39, 0.29) is 29.6 Å². The van der Waals surface area contributed by atoms with Crippen LogP contribution in [-0.2, 0) is 4.79 Å². The Bertz CT molecular complexity index is 768. The van der Waals surface area contributed by atoms with Crippen LogP contribution in [-0.4, -0.2) is 24.9 Å². The van der Waals surface area contributed by atoms with E-state index in [4.69, 9.17) is 11.6 Å². The third-order valence-electron chi connectivity index (χ3n) is 3.33. The fourth-order valence-electron chi connectivity index (χ4n) is 2.14. The minimum atomic E-state index is -0.622. The second-order valence-corrected chi connectivity index (χ2v) is 5.41. The molecule has 0 spiro atoms. The minimum absolute atomic E-state index is 0.0725. The van der Waals surface area contributed by atoms with Gasteiger partial charge in [0.15, 0.2) is 0 Å². The molecule has 2 aromatic carbocycles. The molecule has 0 aliphatic carbocycles. The summed E-state index contributed by atoms with van der Waals surface area (Å²) in [6.45, 7) is 1.58. The van der Waals surface area contributed by atoms with Crippen molar-refractivity contribution < 1.29 is 18.4 Å². The minimum Gasteiger partial charge on any atom is -0.350 e.